The van der Waals surface area contributed by atoms with E-state index < -0.39 is 4.92 Å². The predicted molar refractivity (Wildman–Crippen MR) is 85.1 cm³/mol. The molecule has 128 valence electrons. The maximum atomic E-state index is 11.8. The summed E-state index contributed by atoms with van der Waals surface area (Å²) in [4.78, 5) is 22.3. The van der Waals surface area contributed by atoms with E-state index in [4.69, 9.17) is 13.9 Å². The molecule has 1 aromatic heterocycles. The molecule has 0 fully saturated rings. The third-order valence-corrected chi connectivity index (χ3v) is 3.16. The molecule has 0 saturated heterocycles. The van der Waals surface area contributed by atoms with E-state index in [1.165, 1.54) is 18.2 Å². The number of furan rings is 1. The van der Waals surface area contributed by atoms with Gasteiger partial charge in [0.1, 0.15) is 12.4 Å². The van der Waals surface area contributed by atoms with Gasteiger partial charge in [0.15, 0.2) is 11.5 Å². The molecule has 0 aliphatic carbocycles. The minimum Gasteiger partial charge on any atom is -0.479 e. The summed E-state index contributed by atoms with van der Waals surface area (Å²) in [6, 6.07) is 7.80. The lowest BCUT2D eigenvalue weighted by atomic mass is 10.2. The standard InChI is InChI=1S/C16H18N2O6/c1-11-3-5-14(13(9-11)18(20)21)23-10-12-4-6-15(24-12)16(19)17-7-8-22-2/h3-6,9H,7-8,10H2,1-2H3,(H,17,19). The molecule has 0 aliphatic heterocycles. The van der Waals surface area contributed by atoms with Crippen LogP contribution in [0.15, 0.2) is 34.7 Å². The third-order valence-electron chi connectivity index (χ3n) is 3.16. The number of benzene rings is 1. The van der Waals surface area contributed by atoms with Crippen molar-refractivity contribution in [3.8, 4) is 5.75 Å². The molecule has 0 spiro atoms. The average Bonchev–Trinajstić information content (AvgIpc) is 3.02. The molecule has 2 aromatic rings. The highest BCUT2D eigenvalue weighted by molar-refractivity contribution is 5.91. The fourth-order valence-corrected chi connectivity index (χ4v) is 1.97. The Morgan fingerprint density at radius 1 is 1.33 bits per heavy atom. The molecule has 1 aromatic carbocycles. The Morgan fingerprint density at radius 2 is 2.12 bits per heavy atom. The zero-order valence-corrected chi connectivity index (χ0v) is 13.4. The first-order chi connectivity index (χ1) is 11.5. The Hall–Kier alpha value is -2.87. The number of methoxy groups -OCH3 is 1. The van der Waals surface area contributed by atoms with E-state index in [1.54, 1.807) is 26.2 Å². The number of aryl methyl sites for hydroxylation is 1. The van der Waals surface area contributed by atoms with Crippen molar-refractivity contribution in [3.63, 3.8) is 0 Å². The van der Waals surface area contributed by atoms with E-state index in [-0.39, 0.29) is 29.7 Å². The van der Waals surface area contributed by atoms with Gasteiger partial charge in [0, 0.05) is 19.7 Å². The zero-order chi connectivity index (χ0) is 17.5. The molecule has 0 atom stereocenters. The topological polar surface area (TPSA) is 104 Å². The summed E-state index contributed by atoms with van der Waals surface area (Å²) in [5.74, 6) is 0.317. The Bertz CT molecular complexity index is 725. The van der Waals surface area contributed by atoms with Crippen LogP contribution in [0.5, 0.6) is 5.75 Å². The normalized spacial score (nSPS) is 10.4. The molecule has 0 saturated carbocycles. The van der Waals surface area contributed by atoms with Crippen LogP contribution in [-0.4, -0.2) is 31.1 Å². The number of rotatable bonds is 8. The third kappa shape index (κ3) is 4.56. The van der Waals surface area contributed by atoms with Gasteiger partial charge in [-0.25, -0.2) is 0 Å². The van der Waals surface area contributed by atoms with E-state index in [1.807, 2.05) is 0 Å². The Morgan fingerprint density at radius 3 is 2.83 bits per heavy atom. The fraction of sp³-hybridized carbons (Fsp3) is 0.312. The zero-order valence-electron chi connectivity index (χ0n) is 13.4. The van der Waals surface area contributed by atoms with Crippen molar-refractivity contribution in [2.24, 2.45) is 0 Å². The predicted octanol–water partition coefficient (Wildman–Crippen LogP) is 2.45. The van der Waals surface area contributed by atoms with E-state index in [0.29, 0.717) is 18.9 Å². The fourth-order valence-electron chi connectivity index (χ4n) is 1.97. The number of ether oxygens (including phenoxy) is 2. The second kappa shape index (κ2) is 8.11. The molecule has 24 heavy (non-hydrogen) atoms. The lowest BCUT2D eigenvalue weighted by molar-refractivity contribution is -0.386. The van der Waals surface area contributed by atoms with E-state index in [9.17, 15) is 14.9 Å². The molecule has 0 unspecified atom stereocenters. The lowest BCUT2D eigenvalue weighted by Crippen LogP contribution is -2.26. The minimum atomic E-state index is -0.501. The summed E-state index contributed by atoms with van der Waals surface area (Å²) in [5, 5.41) is 13.7. The van der Waals surface area contributed by atoms with E-state index in [2.05, 4.69) is 5.32 Å². The van der Waals surface area contributed by atoms with Crippen LogP contribution in [-0.2, 0) is 11.3 Å². The second-order valence-electron chi connectivity index (χ2n) is 5.03. The lowest BCUT2D eigenvalue weighted by Gasteiger charge is -2.06. The van der Waals surface area contributed by atoms with Crippen molar-refractivity contribution in [3.05, 3.63) is 57.5 Å². The van der Waals surface area contributed by atoms with Gasteiger partial charge in [-0.05, 0) is 30.7 Å². The van der Waals surface area contributed by atoms with Crippen LogP contribution < -0.4 is 10.1 Å². The number of carbonyl (C=O) groups is 1. The highest BCUT2D eigenvalue weighted by atomic mass is 16.6. The summed E-state index contributed by atoms with van der Waals surface area (Å²) in [5.41, 5.74) is 0.654. The van der Waals surface area contributed by atoms with Crippen molar-refractivity contribution in [1.82, 2.24) is 5.32 Å². The van der Waals surface area contributed by atoms with Gasteiger partial charge in [-0.3, -0.25) is 14.9 Å². The molecule has 2 rings (SSSR count). The van der Waals surface area contributed by atoms with E-state index in [0.717, 1.165) is 5.56 Å². The molecule has 8 heteroatoms. The molecule has 0 bridgehead atoms. The second-order valence-corrected chi connectivity index (χ2v) is 5.03. The van der Waals surface area contributed by atoms with Crippen LogP contribution in [0, 0.1) is 17.0 Å². The molecular weight excluding hydrogens is 316 g/mol. The van der Waals surface area contributed by atoms with Crippen LogP contribution in [0.3, 0.4) is 0 Å². The quantitative estimate of drug-likeness (QED) is 0.452. The number of carbonyl (C=O) groups excluding carboxylic acids is 1. The Kier molecular flexibility index (Phi) is 5.91. The monoisotopic (exact) mass is 334 g/mol. The van der Waals surface area contributed by atoms with Crippen molar-refractivity contribution in [2.75, 3.05) is 20.3 Å². The first-order valence-corrected chi connectivity index (χ1v) is 7.25. The molecule has 0 radical (unpaired) electrons. The molecule has 0 aliphatic rings. The molecular formula is C16H18N2O6. The molecule has 1 N–H and O–H groups in total. The van der Waals surface area contributed by atoms with Gasteiger partial charge in [0.05, 0.1) is 11.5 Å². The average molecular weight is 334 g/mol. The van der Waals surface area contributed by atoms with Crippen LogP contribution in [0.1, 0.15) is 21.9 Å². The largest absolute Gasteiger partial charge is 0.479 e. The summed E-state index contributed by atoms with van der Waals surface area (Å²) >= 11 is 0. The summed E-state index contributed by atoms with van der Waals surface area (Å²) in [6.45, 7) is 2.52. The number of nitro groups is 1. The Balaban J connectivity index is 1.98. The van der Waals surface area contributed by atoms with Crippen molar-refractivity contribution >= 4 is 11.6 Å². The van der Waals surface area contributed by atoms with Gasteiger partial charge >= 0.3 is 5.69 Å². The van der Waals surface area contributed by atoms with Crippen LogP contribution in [0.25, 0.3) is 0 Å². The summed E-state index contributed by atoms with van der Waals surface area (Å²) in [6.07, 6.45) is 0. The Labute approximate surface area is 138 Å². The number of amides is 1. The van der Waals surface area contributed by atoms with Crippen LogP contribution in [0.2, 0.25) is 0 Å². The molecule has 1 amide bonds. The van der Waals surface area contributed by atoms with E-state index >= 15 is 0 Å². The molecule has 1 heterocycles. The first kappa shape index (κ1) is 17.5. The van der Waals surface area contributed by atoms with Gasteiger partial charge < -0.3 is 19.2 Å². The number of nitrogens with zero attached hydrogens (tertiary/aromatic N) is 1. The number of nitro benzene ring substituents is 1. The number of hydrogen-bond acceptors (Lipinski definition) is 6. The number of nitrogens with one attached hydrogen (secondary N) is 1. The van der Waals surface area contributed by atoms with Crippen LogP contribution >= 0.6 is 0 Å². The van der Waals surface area contributed by atoms with Gasteiger partial charge in [-0.15, -0.1) is 0 Å². The van der Waals surface area contributed by atoms with Gasteiger partial charge in [-0.1, -0.05) is 6.07 Å². The van der Waals surface area contributed by atoms with Gasteiger partial charge in [-0.2, -0.15) is 0 Å². The summed E-state index contributed by atoms with van der Waals surface area (Å²) < 4.78 is 15.7. The van der Waals surface area contributed by atoms with Gasteiger partial charge in [0.2, 0.25) is 0 Å². The smallest absolute Gasteiger partial charge is 0.311 e. The summed E-state index contributed by atoms with van der Waals surface area (Å²) in [7, 11) is 1.54. The maximum Gasteiger partial charge on any atom is 0.311 e. The van der Waals surface area contributed by atoms with Gasteiger partial charge in [0.25, 0.3) is 5.91 Å². The highest BCUT2D eigenvalue weighted by Gasteiger charge is 2.16. The first-order valence-electron chi connectivity index (χ1n) is 7.25. The molecule has 8 nitrogen and oxygen atoms in total. The van der Waals surface area contributed by atoms with Crippen LogP contribution in [0.4, 0.5) is 5.69 Å². The van der Waals surface area contributed by atoms with Crippen molar-refractivity contribution < 1.29 is 23.6 Å². The minimum absolute atomic E-state index is 0.0186. The SMILES string of the molecule is COCCNC(=O)c1ccc(COc2ccc(C)cc2[N+](=O)[O-])o1. The van der Waals surface area contributed by atoms with Crippen molar-refractivity contribution in [1.29, 1.82) is 0 Å². The highest BCUT2D eigenvalue weighted by Crippen LogP contribution is 2.28. The maximum absolute atomic E-state index is 11.8. The van der Waals surface area contributed by atoms with Crippen molar-refractivity contribution in [2.45, 2.75) is 13.5 Å². The number of hydrogen-bond donors (Lipinski definition) is 1.